The van der Waals surface area contributed by atoms with Crippen LogP contribution in [0.5, 0.6) is 0 Å². The first-order valence-corrected chi connectivity index (χ1v) is 7.08. The Balaban J connectivity index is 2.24. The number of hydrogen-bond donors (Lipinski definition) is 1. The molecule has 0 heterocycles. The summed E-state index contributed by atoms with van der Waals surface area (Å²) >= 11 is 1.88. The van der Waals surface area contributed by atoms with Crippen LogP contribution in [0.25, 0.3) is 0 Å². The minimum absolute atomic E-state index is 0.163. The molecule has 0 saturated carbocycles. The van der Waals surface area contributed by atoms with E-state index in [-0.39, 0.29) is 5.82 Å². The first-order valence-electron chi connectivity index (χ1n) is 5.69. The standard InChI is InChI=1S/C13H20FNS/c1-11(10-15-8-3-9-16-2)12-4-6-13(14)7-5-12/h4-7,11,15H,3,8-10H2,1-2H3. The summed E-state index contributed by atoms with van der Waals surface area (Å²) in [6.45, 7) is 4.18. The van der Waals surface area contributed by atoms with Crippen LogP contribution in [0, 0.1) is 5.82 Å². The molecule has 0 aliphatic carbocycles. The van der Waals surface area contributed by atoms with E-state index in [0.29, 0.717) is 5.92 Å². The number of halogens is 1. The lowest BCUT2D eigenvalue weighted by Crippen LogP contribution is -2.21. The van der Waals surface area contributed by atoms with Crippen LogP contribution in [0.3, 0.4) is 0 Å². The predicted molar refractivity (Wildman–Crippen MR) is 70.7 cm³/mol. The first kappa shape index (κ1) is 13.5. The Bertz CT molecular complexity index is 286. The minimum Gasteiger partial charge on any atom is -0.316 e. The molecule has 1 unspecified atom stereocenters. The molecule has 1 rings (SSSR count). The Morgan fingerprint density at radius 2 is 2.00 bits per heavy atom. The molecule has 1 aromatic carbocycles. The summed E-state index contributed by atoms with van der Waals surface area (Å²) in [5.41, 5.74) is 1.19. The highest BCUT2D eigenvalue weighted by Crippen LogP contribution is 2.14. The summed E-state index contributed by atoms with van der Waals surface area (Å²) in [5, 5.41) is 3.43. The summed E-state index contributed by atoms with van der Waals surface area (Å²) in [6, 6.07) is 6.78. The fourth-order valence-corrected chi connectivity index (χ4v) is 2.00. The van der Waals surface area contributed by atoms with Gasteiger partial charge in [0, 0.05) is 6.54 Å². The van der Waals surface area contributed by atoms with E-state index in [1.165, 1.54) is 29.9 Å². The van der Waals surface area contributed by atoms with E-state index in [2.05, 4.69) is 18.5 Å². The summed E-state index contributed by atoms with van der Waals surface area (Å²) < 4.78 is 12.7. The Morgan fingerprint density at radius 3 is 2.62 bits per heavy atom. The van der Waals surface area contributed by atoms with Crippen molar-refractivity contribution in [3.8, 4) is 0 Å². The normalized spacial score (nSPS) is 12.7. The maximum Gasteiger partial charge on any atom is 0.123 e. The van der Waals surface area contributed by atoms with Crippen molar-refractivity contribution >= 4 is 11.8 Å². The maximum atomic E-state index is 12.7. The van der Waals surface area contributed by atoms with Gasteiger partial charge in [-0.1, -0.05) is 19.1 Å². The van der Waals surface area contributed by atoms with Crippen molar-refractivity contribution < 1.29 is 4.39 Å². The van der Waals surface area contributed by atoms with Gasteiger partial charge in [-0.25, -0.2) is 4.39 Å². The fourth-order valence-electron chi connectivity index (χ4n) is 1.57. The molecule has 1 N–H and O–H groups in total. The third-order valence-corrected chi connectivity index (χ3v) is 3.29. The number of nitrogens with one attached hydrogen (secondary N) is 1. The maximum absolute atomic E-state index is 12.7. The van der Waals surface area contributed by atoms with Crippen molar-refractivity contribution in [3.63, 3.8) is 0 Å². The van der Waals surface area contributed by atoms with Crippen LogP contribution in [0.1, 0.15) is 24.8 Å². The Labute approximate surface area is 102 Å². The van der Waals surface area contributed by atoms with Gasteiger partial charge < -0.3 is 5.32 Å². The van der Waals surface area contributed by atoms with Crippen LogP contribution in [0.2, 0.25) is 0 Å². The third-order valence-electron chi connectivity index (χ3n) is 2.59. The lowest BCUT2D eigenvalue weighted by Gasteiger charge is -2.12. The van der Waals surface area contributed by atoms with Crippen LogP contribution < -0.4 is 5.32 Å². The molecule has 1 atom stereocenters. The molecule has 0 aliphatic heterocycles. The van der Waals surface area contributed by atoms with E-state index in [9.17, 15) is 4.39 Å². The van der Waals surface area contributed by atoms with Gasteiger partial charge in [0.2, 0.25) is 0 Å². The van der Waals surface area contributed by atoms with Gasteiger partial charge in [-0.2, -0.15) is 11.8 Å². The average molecular weight is 241 g/mol. The topological polar surface area (TPSA) is 12.0 Å². The first-order chi connectivity index (χ1) is 7.74. The highest BCUT2D eigenvalue weighted by atomic mass is 32.2. The van der Waals surface area contributed by atoms with Crippen LogP contribution in [0.15, 0.2) is 24.3 Å². The minimum atomic E-state index is -0.163. The van der Waals surface area contributed by atoms with Gasteiger partial charge in [-0.3, -0.25) is 0 Å². The van der Waals surface area contributed by atoms with Crippen molar-refractivity contribution in [1.29, 1.82) is 0 Å². The van der Waals surface area contributed by atoms with E-state index in [1.807, 2.05) is 23.9 Å². The molecular formula is C13H20FNS. The summed E-state index contributed by atoms with van der Waals surface area (Å²) in [4.78, 5) is 0. The summed E-state index contributed by atoms with van der Waals surface area (Å²) in [7, 11) is 0. The highest BCUT2D eigenvalue weighted by molar-refractivity contribution is 7.98. The fraction of sp³-hybridized carbons (Fsp3) is 0.538. The molecule has 90 valence electrons. The van der Waals surface area contributed by atoms with Gasteiger partial charge in [0.1, 0.15) is 5.82 Å². The van der Waals surface area contributed by atoms with E-state index in [1.54, 1.807) is 0 Å². The van der Waals surface area contributed by atoms with Crippen molar-refractivity contribution in [1.82, 2.24) is 5.32 Å². The second kappa shape index (κ2) is 7.69. The van der Waals surface area contributed by atoms with Crippen molar-refractivity contribution in [2.24, 2.45) is 0 Å². The van der Waals surface area contributed by atoms with E-state index < -0.39 is 0 Å². The quantitative estimate of drug-likeness (QED) is 0.735. The van der Waals surface area contributed by atoms with E-state index >= 15 is 0 Å². The highest BCUT2D eigenvalue weighted by Gasteiger charge is 2.04. The Kier molecular flexibility index (Phi) is 6.50. The Hall–Kier alpha value is -0.540. The molecule has 16 heavy (non-hydrogen) atoms. The number of benzene rings is 1. The Morgan fingerprint density at radius 1 is 1.31 bits per heavy atom. The molecular weight excluding hydrogens is 221 g/mol. The SMILES string of the molecule is CSCCCNCC(C)c1ccc(F)cc1. The summed E-state index contributed by atoms with van der Waals surface area (Å²) in [6.07, 6.45) is 3.33. The van der Waals surface area contributed by atoms with Gasteiger partial charge in [0.25, 0.3) is 0 Å². The number of thioether (sulfide) groups is 1. The van der Waals surface area contributed by atoms with Gasteiger partial charge in [0.15, 0.2) is 0 Å². The third kappa shape index (κ3) is 4.99. The second-order valence-corrected chi connectivity index (χ2v) is 4.99. The molecule has 1 aromatic rings. The van der Waals surface area contributed by atoms with Gasteiger partial charge in [0.05, 0.1) is 0 Å². The second-order valence-electron chi connectivity index (χ2n) is 4.00. The zero-order valence-electron chi connectivity index (χ0n) is 10.0. The molecule has 0 aliphatic rings. The lowest BCUT2D eigenvalue weighted by atomic mass is 10.0. The van der Waals surface area contributed by atoms with Crippen molar-refractivity contribution in [2.75, 3.05) is 25.1 Å². The van der Waals surface area contributed by atoms with Crippen LogP contribution in [-0.2, 0) is 0 Å². The molecule has 0 radical (unpaired) electrons. The molecule has 0 aromatic heterocycles. The van der Waals surface area contributed by atoms with Gasteiger partial charge in [-0.05, 0) is 48.6 Å². The summed E-state index contributed by atoms with van der Waals surface area (Å²) in [5.74, 6) is 1.48. The molecule has 0 amide bonds. The van der Waals surface area contributed by atoms with Crippen molar-refractivity contribution in [3.05, 3.63) is 35.6 Å². The number of rotatable bonds is 7. The smallest absolute Gasteiger partial charge is 0.123 e. The van der Waals surface area contributed by atoms with Crippen molar-refractivity contribution in [2.45, 2.75) is 19.3 Å². The number of hydrogen-bond acceptors (Lipinski definition) is 2. The van der Waals surface area contributed by atoms with Crippen LogP contribution in [0.4, 0.5) is 4.39 Å². The molecule has 3 heteroatoms. The predicted octanol–water partition coefficient (Wildman–Crippen LogP) is 3.27. The average Bonchev–Trinajstić information content (AvgIpc) is 2.29. The van der Waals surface area contributed by atoms with E-state index in [0.717, 1.165) is 13.1 Å². The molecule has 0 bridgehead atoms. The zero-order valence-corrected chi connectivity index (χ0v) is 10.8. The lowest BCUT2D eigenvalue weighted by molar-refractivity contribution is 0.604. The van der Waals surface area contributed by atoms with Gasteiger partial charge in [-0.15, -0.1) is 0 Å². The van der Waals surface area contributed by atoms with Crippen LogP contribution >= 0.6 is 11.8 Å². The van der Waals surface area contributed by atoms with Crippen LogP contribution in [-0.4, -0.2) is 25.1 Å². The molecule has 0 saturated heterocycles. The monoisotopic (exact) mass is 241 g/mol. The van der Waals surface area contributed by atoms with E-state index in [4.69, 9.17) is 0 Å². The van der Waals surface area contributed by atoms with Gasteiger partial charge >= 0.3 is 0 Å². The largest absolute Gasteiger partial charge is 0.316 e. The zero-order chi connectivity index (χ0) is 11.8. The molecule has 1 nitrogen and oxygen atoms in total. The molecule has 0 fully saturated rings. The molecule has 0 spiro atoms.